The molecule has 2 atom stereocenters. The lowest BCUT2D eigenvalue weighted by Crippen LogP contribution is -2.62. The summed E-state index contributed by atoms with van der Waals surface area (Å²) in [6, 6.07) is 0.0586. The van der Waals surface area contributed by atoms with Gasteiger partial charge in [0.1, 0.15) is 15.7 Å². The summed E-state index contributed by atoms with van der Waals surface area (Å²) in [5.74, 6) is -1.81. The molecule has 3 heterocycles. The average molecular weight is 545 g/mol. The lowest BCUT2D eigenvalue weighted by atomic mass is 9.70. The van der Waals surface area contributed by atoms with E-state index in [0.717, 1.165) is 43.3 Å². The quantitative estimate of drug-likeness (QED) is 0.478. The Morgan fingerprint density at radius 1 is 1.31 bits per heavy atom. The molecule has 1 amide bonds. The van der Waals surface area contributed by atoms with Crippen LogP contribution in [0.2, 0.25) is 0 Å². The third kappa shape index (κ3) is 5.18. The van der Waals surface area contributed by atoms with Gasteiger partial charge in [-0.15, -0.1) is 15.7 Å². The van der Waals surface area contributed by atoms with E-state index < -0.39 is 37.3 Å². The number of hydrogen-bond donors (Lipinski definition) is 2. The molecule has 0 bridgehead atoms. The van der Waals surface area contributed by atoms with Gasteiger partial charge in [0.2, 0.25) is 15.9 Å². The molecule has 2 fully saturated rings. The molecule has 1 aliphatic carbocycles. The van der Waals surface area contributed by atoms with Crippen LogP contribution in [0.1, 0.15) is 58.4 Å². The Kier molecular flexibility index (Phi) is 6.92. The van der Waals surface area contributed by atoms with Crippen molar-refractivity contribution in [1.82, 2.24) is 9.62 Å². The number of anilines is 1. The van der Waals surface area contributed by atoms with Crippen LogP contribution in [0, 0.1) is 17.3 Å². The maximum absolute atomic E-state index is 13.7. The van der Waals surface area contributed by atoms with Crippen molar-refractivity contribution < 1.29 is 26.4 Å². The Morgan fingerprint density at radius 3 is 2.57 bits per heavy atom. The molecule has 194 valence electrons. The zero-order valence-electron chi connectivity index (χ0n) is 20.3. The highest BCUT2D eigenvalue weighted by atomic mass is 32.2. The largest absolute Gasteiger partial charge is 0.338 e. The third-order valence-corrected chi connectivity index (χ3v) is 10.2. The second kappa shape index (κ2) is 9.24. The molecule has 0 spiro atoms. The minimum absolute atomic E-state index is 0.0586. The summed E-state index contributed by atoms with van der Waals surface area (Å²) in [5.41, 5.74) is -0.544. The number of likely N-dealkylation sites (tertiary alicyclic amines) is 1. The van der Waals surface area contributed by atoms with Crippen LogP contribution < -0.4 is 10.0 Å². The number of nitrogens with one attached hydrogen (secondary N) is 2. The van der Waals surface area contributed by atoms with Gasteiger partial charge in [-0.25, -0.2) is 13.1 Å². The molecular formula is C22H32N4O6S3. The van der Waals surface area contributed by atoms with Crippen molar-refractivity contribution >= 4 is 53.9 Å². The third-order valence-electron chi connectivity index (χ3n) is 7.03. The number of hydrogen-bond acceptors (Lipinski definition) is 8. The average Bonchev–Trinajstić information content (AvgIpc) is 3.11. The highest BCUT2D eigenvalue weighted by Crippen LogP contribution is 2.42. The van der Waals surface area contributed by atoms with Gasteiger partial charge in [-0.1, -0.05) is 20.8 Å². The van der Waals surface area contributed by atoms with E-state index in [1.54, 1.807) is 4.90 Å². The molecule has 10 nitrogen and oxygen atoms in total. The van der Waals surface area contributed by atoms with E-state index in [0.29, 0.717) is 18.9 Å². The fourth-order valence-corrected chi connectivity index (χ4v) is 7.80. The maximum atomic E-state index is 13.7. The van der Waals surface area contributed by atoms with Gasteiger partial charge >= 0.3 is 0 Å². The number of sulfonamides is 2. The van der Waals surface area contributed by atoms with Crippen molar-refractivity contribution in [3.05, 3.63) is 10.9 Å². The summed E-state index contributed by atoms with van der Waals surface area (Å²) in [4.78, 5) is 28.9. The van der Waals surface area contributed by atoms with Crippen LogP contribution in [0.5, 0.6) is 0 Å². The minimum Gasteiger partial charge on any atom is -0.338 e. The second-order valence-corrected chi connectivity index (χ2v) is 14.7. The first-order valence-corrected chi connectivity index (χ1v) is 15.9. The number of piperidine rings is 1. The van der Waals surface area contributed by atoms with E-state index >= 15 is 0 Å². The number of Topliss-reactive ketones (excluding diaryl/α,β-unsaturated/α-hetero) is 1. The summed E-state index contributed by atoms with van der Waals surface area (Å²) in [6.45, 7) is 6.16. The molecule has 3 aliphatic rings. The monoisotopic (exact) mass is 544 g/mol. The smallest absolute Gasteiger partial charge is 0.287 e. The van der Waals surface area contributed by atoms with Crippen LogP contribution in [-0.2, 0) is 36.2 Å². The number of fused-ring (bicyclic) bond motifs is 1. The molecule has 1 saturated heterocycles. The van der Waals surface area contributed by atoms with Crippen LogP contribution in [0.4, 0.5) is 5.00 Å². The standard InChI is InChI=1S/C22H32N4O6S3/c1-13(2)8-9-22(3)12-26(15-6-5-7-15)21(28)16(18(22)27)19-24-20-17(35(31,32)25-19)14(11-33-20)10-23-34(4,29)30/h11,13,15-16,23H,5-10,12H2,1-4H3,(H,24,25). The first-order chi connectivity index (χ1) is 16.2. The first-order valence-electron chi connectivity index (χ1n) is 11.7. The lowest BCUT2D eigenvalue weighted by molar-refractivity contribution is -0.155. The number of amidine groups is 1. The number of amides is 1. The van der Waals surface area contributed by atoms with Gasteiger partial charge in [0.05, 0.1) is 6.26 Å². The number of ketones is 1. The molecule has 35 heavy (non-hydrogen) atoms. The zero-order chi connectivity index (χ0) is 25.8. The van der Waals surface area contributed by atoms with Gasteiger partial charge in [0.25, 0.3) is 10.0 Å². The molecule has 0 radical (unpaired) electrons. The van der Waals surface area contributed by atoms with E-state index in [1.807, 2.05) is 6.92 Å². The Morgan fingerprint density at radius 2 is 2.00 bits per heavy atom. The Bertz CT molecular complexity index is 1280. The number of carbonyl (C=O) groups excluding carboxylic acids is 2. The van der Waals surface area contributed by atoms with Crippen LogP contribution in [0.25, 0.3) is 0 Å². The molecular weight excluding hydrogens is 512 g/mol. The SMILES string of the molecule is CC(C)CCC1(C)CN(C2CCC2)C(=O)C(C2=NS(=O)(=O)c3c(CNS(C)(=O)=O)csc3N2)C1=O. The normalized spacial score (nSPS) is 26.8. The lowest BCUT2D eigenvalue weighted by Gasteiger charge is -2.48. The molecule has 2 aliphatic heterocycles. The van der Waals surface area contributed by atoms with Crippen molar-refractivity contribution in [2.24, 2.45) is 21.6 Å². The minimum atomic E-state index is -4.26. The van der Waals surface area contributed by atoms with Gasteiger partial charge in [-0.05, 0) is 43.4 Å². The fourth-order valence-electron chi connectivity index (χ4n) is 4.74. The highest BCUT2D eigenvalue weighted by Gasteiger charge is 2.53. The molecule has 1 aromatic heterocycles. The predicted molar refractivity (Wildman–Crippen MR) is 134 cm³/mol. The van der Waals surface area contributed by atoms with Crippen molar-refractivity contribution in [2.45, 2.75) is 70.4 Å². The van der Waals surface area contributed by atoms with E-state index in [-0.39, 0.29) is 39.7 Å². The fraction of sp³-hybridized carbons (Fsp3) is 0.682. The van der Waals surface area contributed by atoms with Gasteiger partial charge in [0.15, 0.2) is 11.7 Å². The topological polar surface area (TPSA) is 142 Å². The number of rotatable bonds is 8. The van der Waals surface area contributed by atoms with E-state index in [9.17, 15) is 26.4 Å². The molecule has 13 heteroatoms. The summed E-state index contributed by atoms with van der Waals surface area (Å²) in [5, 5.41) is 4.70. The summed E-state index contributed by atoms with van der Waals surface area (Å²) in [6.07, 6.45) is 5.16. The number of thiophene rings is 1. The Balaban J connectivity index is 1.69. The van der Waals surface area contributed by atoms with E-state index in [4.69, 9.17) is 0 Å². The molecule has 2 N–H and O–H groups in total. The van der Waals surface area contributed by atoms with Crippen molar-refractivity contribution in [3.63, 3.8) is 0 Å². The second-order valence-electron chi connectivity index (χ2n) is 10.4. The Labute approximate surface area is 210 Å². The van der Waals surface area contributed by atoms with Crippen LogP contribution in [-0.4, -0.2) is 58.1 Å². The van der Waals surface area contributed by atoms with Crippen molar-refractivity contribution in [3.8, 4) is 0 Å². The molecule has 2 unspecified atom stereocenters. The van der Waals surface area contributed by atoms with Gasteiger partial charge in [0, 0.05) is 30.1 Å². The van der Waals surface area contributed by atoms with Crippen LogP contribution in [0.3, 0.4) is 0 Å². The van der Waals surface area contributed by atoms with Gasteiger partial charge in [-0.2, -0.15) is 8.42 Å². The van der Waals surface area contributed by atoms with Crippen LogP contribution >= 0.6 is 11.3 Å². The highest BCUT2D eigenvalue weighted by molar-refractivity contribution is 7.91. The van der Waals surface area contributed by atoms with E-state index in [2.05, 4.69) is 28.3 Å². The zero-order valence-corrected chi connectivity index (χ0v) is 22.8. The number of carbonyl (C=O) groups is 2. The summed E-state index contributed by atoms with van der Waals surface area (Å²) < 4.78 is 55.5. The van der Waals surface area contributed by atoms with Crippen molar-refractivity contribution in [2.75, 3.05) is 18.1 Å². The molecule has 0 aromatic carbocycles. The number of nitrogens with zero attached hydrogens (tertiary/aromatic N) is 2. The predicted octanol–water partition coefficient (Wildman–Crippen LogP) is 2.33. The molecule has 1 aromatic rings. The first kappa shape index (κ1) is 26.2. The Hall–Kier alpha value is -1.83. The van der Waals surface area contributed by atoms with Crippen LogP contribution in [0.15, 0.2) is 14.7 Å². The summed E-state index contributed by atoms with van der Waals surface area (Å²) >= 11 is 1.07. The summed E-state index contributed by atoms with van der Waals surface area (Å²) in [7, 11) is -7.79. The van der Waals surface area contributed by atoms with Crippen molar-refractivity contribution in [1.29, 1.82) is 0 Å². The molecule has 4 rings (SSSR count). The maximum Gasteiger partial charge on any atom is 0.287 e. The van der Waals surface area contributed by atoms with E-state index in [1.165, 1.54) is 5.38 Å². The van der Waals surface area contributed by atoms with Gasteiger partial charge in [-0.3, -0.25) is 9.59 Å². The molecule has 1 saturated carbocycles. The van der Waals surface area contributed by atoms with Gasteiger partial charge < -0.3 is 10.2 Å².